The summed E-state index contributed by atoms with van der Waals surface area (Å²) in [5, 5.41) is 3.47. The quantitative estimate of drug-likeness (QED) is 0.772. The molecule has 27 heavy (non-hydrogen) atoms. The van der Waals surface area contributed by atoms with Crippen LogP contribution in [0.1, 0.15) is 38.3 Å². The molecule has 1 N–H and O–H groups in total. The van der Waals surface area contributed by atoms with Gasteiger partial charge in [0.2, 0.25) is 0 Å². The Labute approximate surface area is 166 Å². The van der Waals surface area contributed by atoms with Crippen molar-refractivity contribution in [3.8, 4) is 5.75 Å². The zero-order chi connectivity index (χ0) is 19.2. The van der Waals surface area contributed by atoms with Gasteiger partial charge in [-0.15, -0.1) is 0 Å². The van der Waals surface area contributed by atoms with Crippen LogP contribution >= 0.6 is 11.6 Å². The number of para-hydroxylation sites is 1. The molecule has 2 aromatic carbocycles. The first-order valence-electron chi connectivity index (χ1n) is 9.54. The van der Waals surface area contributed by atoms with Crippen molar-refractivity contribution < 1.29 is 9.53 Å². The van der Waals surface area contributed by atoms with E-state index in [0.29, 0.717) is 10.8 Å². The molecular weight excluding hydrogens is 360 g/mol. The predicted octanol–water partition coefficient (Wildman–Crippen LogP) is 4.83. The summed E-state index contributed by atoms with van der Waals surface area (Å²) in [4.78, 5) is 14.6. The molecule has 1 amide bonds. The number of rotatable bonds is 6. The number of nitrogens with one attached hydrogen (secondary N) is 1. The molecule has 1 aliphatic rings. The summed E-state index contributed by atoms with van der Waals surface area (Å²) < 4.78 is 5.49. The van der Waals surface area contributed by atoms with Crippen LogP contribution < -0.4 is 15.0 Å². The molecule has 5 heteroatoms. The zero-order valence-corrected chi connectivity index (χ0v) is 16.7. The summed E-state index contributed by atoms with van der Waals surface area (Å²) >= 11 is 6.04. The van der Waals surface area contributed by atoms with Crippen LogP contribution in [0.2, 0.25) is 5.02 Å². The van der Waals surface area contributed by atoms with Gasteiger partial charge in [-0.2, -0.15) is 0 Å². The highest BCUT2D eigenvalue weighted by atomic mass is 35.5. The van der Waals surface area contributed by atoms with E-state index in [0.717, 1.165) is 24.6 Å². The van der Waals surface area contributed by atoms with Crippen molar-refractivity contribution in [2.24, 2.45) is 5.92 Å². The maximum absolute atomic E-state index is 12.2. The Balaban J connectivity index is 1.52. The average molecular weight is 387 g/mol. The van der Waals surface area contributed by atoms with Crippen LogP contribution in [0.3, 0.4) is 0 Å². The minimum absolute atomic E-state index is 0.0577. The van der Waals surface area contributed by atoms with Crippen molar-refractivity contribution in [3.63, 3.8) is 0 Å². The van der Waals surface area contributed by atoms with Crippen molar-refractivity contribution in [2.75, 3.05) is 24.6 Å². The number of benzene rings is 2. The lowest BCUT2D eigenvalue weighted by molar-refractivity contribution is -0.123. The first-order valence-corrected chi connectivity index (χ1v) is 9.92. The second kappa shape index (κ2) is 9.14. The van der Waals surface area contributed by atoms with Gasteiger partial charge >= 0.3 is 0 Å². The van der Waals surface area contributed by atoms with Crippen LogP contribution in [0.15, 0.2) is 48.5 Å². The third-order valence-electron chi connectivity index (χ3n) is 4.99. The molecule has 0 unspecified atom stereocenters. The average Bonchev–Trinajstić information content (AvgIpc) is 2.67. The molecule has 0 bridgehead atoms. The van der Waals surface area contributed by atoms with Crippen LogP contribution in [-0.2, 0) is 4.79 Å². The predicted molar refractivity (Wildman–Crippen MR) is 111 cm³/mol. The minimum Gasteiger partial charge on any atom is -0.482 e. The summed E-state index contributed by atoms with van der Waals surface area (Å²) in [6.07, 6.45) is 2.56. The van der Waals surface area contributed by atoms with Crippen LogP contribution in [0, 0.1) is 5.92 Å². The number of hydrogen-bond acceptors (Lipinski definition) is 3. The van der Waals surface area contributed by atoms with Gasteiger partial charge in [0.15, 0.2) is 6.61 Å². The van der Waals surface area contributed by atoms with E-state index >= 15 is 0 Å². The van der Waals surface area contributed by atoms with E-state index in [9.17, 15) is 4.79 Å². The molecule has 1 heterocycles. The Morgan fingerprint density at radius 3 is 2.70 bits per heavy atom. The Bertz CT molecular complexity index is 763. The lowest BCUT2D eigenvalue weighted by Crippen LogP contribution is -2.34. The Kier molecular flexibility index (Phi) is 6.62. The lowest BCUT2D eigenvalue weighted by atomic mass is 9.99. The standard InChI is InChI=1S/C22H27ClN2O2/c1-16-6-5-13-25(14-16)19-11-9-18(10-12-19)17(2)24-22(26)15-27-21-8-4-3-7-20(21)23/h3-4,7-12,16-17H,5-6,13-15H2,1-2H3,(H,24,26)/t16-,17-/m1/s1. The summed E-state index contributed by atoms with van der Waals surface area (Å²) in [7, 11) is 0. The third-order valence-corrected chi connectivity index (χ3v) is 5.30. The van der Waals surface area contributed by atoms with Gasteiger partial charge < -0.3 is 15.0 Å². The summed E-state index contributed by atoms with van der Waals surface area (Å²) in [5.74, 6) is 1.09. The molecule has 0 spiro atoms. The van der Waals surface area contributed by atoms with Gasteiger partial charge in [-0.3, -0.25) is 4.79 Å². The van der Waals surface area contributed by atoms with Gasteiger partial charge in [0.25, 0.3) is 5.91 Å². The molecule has 4 nitrogen and oxygen atoms in total. The maximum Gasteiger partial charge on any atom is 0.258 e. The molecule has 1 aliphatic heterocycles. The highest BCUT2D eigenvalue weighted by Crippen LogP contribution is 2.25. The molecule has 1 saturated heterocycles. The number of nitrogens with zero attached hydrogens (tertiary/aromatic N) is 1. The number of carbonyl (C=O) groups excluding carboxylic acids is 1. The van der Waals surface area contributed by atoms with Crippen molar-refractivity contribution in [2.45, 2.75) is 32.7 Å². The fourth-order valence-corrected chi connectivity index (χ4v) is 3.66. The number of hydrogen-bond donors (Lipinski definition) is 1. The second-order valence-electron chi connectivity index (χ2n) is 7.29. The highest BCUT2D eigenvalue weighted by molar-refractivity contribution is 6.32. The molecule has 0 saturated carbocycles. The lowest BCUT2D eigenvalue weighted by Gasteiger charge is -2.33. The van der Waals surface area contributed by atoms with Crippen LogP contribution in [0.4, 0.5) is 5.69 Å². The minimum atomic E-state index is -0.170. The molecule has 0 radical (unpaired) electrons. The number of carbonyl (C=O) groups is 1. The third kappa shape index (κ3) is 5.39. The first kappa shape index (κ1) is 19.6. The van der Waals surface area contributed by atoms with E-state index in [-0.39, 0.29) is 18.6 Å². The molecule has 0 aliphatic carbocycles. The topological polar surface area (TPSA) is 41.6 Å². The Hall–Kier alpha value is -2.20. The van der Waals surface area contributed by atoms with E-state index in [2.05, 4.69) is 41.4 Å². The molecular formula is C22H27ClN2O2. The van der Waals surface area contributed by atoms with Crippen LogP contribution in [0.5, 0.6) is 5.75 Å². The number of halogens is 1. The number of piperidine rings is 1. The van der Waals surface area contributed by atoms with Crippen molar-refractivity contribution in [1.82, 2.24) is 5.32 Å². The van der Waals surface area contributed by atoms with Crippen molar-refractivity contribution >= 4 is 23.2 Å². The van der Waals surface area contributed by atoms with E-state index < -0.39 is 0 Å². The largest absolute Gasteiger partial charge is 0.482 e. The SMILES string of the molecule is C[C@@H]1CCCN(c2ccc([C@@H](C)NC(=O)COc3ccccc3Cl)cc2)C1. The molecule has 2 aromatic rings. The van der Waals surface area contributed by atoms with Gasteiger partial charge in [0, 0.05) is 18.8 Å². The van der Waals surface area contributed by atoms with Crippen LogP contribution in [0.25, 0.3) is 0 Å². The molecule has 0 aromatic heterocycles. The normalized spacial score (nSPS) is 18.0. The molecule has 1 fully saturated rings. The number of anilines is 1. The summed E-state index contributed by atoms with van der Waals surface area (Å²) in [5.41, 5.74) is 2.33. The monoisotopic (exact) mass is 386 g/mol. The van der Waals surface area contributed by atoms with Crippen molar-refractivity contribution in [3.05, 3.63) is 59.1 Å². The van der Waals surface area contributed by atoms with E-state index in [1.165, 1.54) is 18.5 Å². The fraction of sp³-hybridized carbons (Fsp3) is 0.409. The van der Waals surface area contributed by atoms with Crippen LogP contribution in [-0.4, -0.2) is 25.6 Å². The number of amides is 1. The highest BCUT2D eigenvalue weighted by Gasteiger charge is 2.17. The fourth-order valence-electron chi connectivity index (χ4n) is 3.47. The molecule has 3 rings (SSSR count). The smallest absolute Gasteiger partial charge is 0.258 e. The van der Waals surface area contributed by atoms with Gasteiger partial charge in [-0.25, -0.2) is 0 Å². The van der Waals surface area contributed by atoms with E-state index in [4.69, 9.17) is 16.3 Å². The summed E-state index contributed by atoms with van der Waals surface area (Å²) in [6.45, 7) is 6.46. The van der Waals surface area contributed by atoms with Gasteiger partial charge in [-0.05, 0) is 55.5 Å². The second-order valence-corrected chi connectivity index (χ2v) is 7.70. The van der Waals surface area contributed by atoms with E-state index in [1.54, 1.807) is 12.1 Å². The summed E-state index contributed by atoms with van der Waals surface area (Å²) in [6, 6.07) is 15.5. The zero-order valence-electron chi connectivity index (χ0n) is 16.0. The number of ether oxygens (including phenoxy) is 1. The Morgan fingerprint density at radius 1 is 1.26 bits per heavy atom. The molecule has 144 valence electrons. The van der Waals surface area contributed by atoms with Gasteiger partial charge in [0.1, 0.15) is 5.75 Å². The van der Waals surface area contributed by atoms with Gasteiger partial charge in [0.05, 0.1) is 11.1 Å². The first-order chi connectivity index (χ1) is 13.0. The Morgan fingerprint density at radius 2 is 2.00 bits per heavy atom. The molecule has 2 atom stereocenters. The van der Waals surface area contributed by atoms with E-state index in [1.807, 2.05) is 19.1 Å². The van der Waals surface area contributed by atoms with Crippen molar-refractivity contribution in [1.29, 1.82) is 0 Å². The van der Waals surface area contributed by atoms with Gasteiger partial charge in [-0.1, -0.05) is 42.8 Å². The maximum atomic E-state index is 12.2.